The van der Waals surface area contributed by atoms with Gasteiger partial charge in [-0.2, -0.15) is 0 Å². The molecule has 0 aromatic rings. The smallest absolute Gasteiger partial charge is 0.130 e. The lowest BCUT2D eigenvalue weighted by molar-refractivity contribution is -0.116. The summed E-state index contributed by atoms with van der Waals surface area (Å²) in [5, 5.41) is 2.57. The summed E-state index contributed by atoms with van der Waals surface area (Å²) < 4.78 is 1.23. The predicted octanol–water partition coefficient (Wildman–Crippen LogP) is 2.71. The van der Waals surface area contributed by atoms with Crippen LogP contribution in [0.1, 0.15) is 19.8 Å². The summed E-state index contributed by atoms with van der Waals surface area (Å²) in [7, 11) is 0. The minimum Gasteiger partial charge on any atom is -0.300 e. The van der Waals surface area contributed by atoms with E-state index in [1.54, 1.807) is 18.7 Å². The lowest BCUT2D eigenvalue weighted by Gasteiger charge is -2.03. The molecule has 0 saturated carbocycles. The summed E-state index contributed by atoms with van der Waals surface area (Å²) >= 11 is 5.15. The van der Waals surface area contributed by atoms with Crippen molar-refractivity contribution in [2.45, 2.75) is 25.0 Å². The van der Waals surface area contributed by atoms with Crippen LogP contribution < -0.4 is 0 Å². The number of carbonyl (C=O) groups is 1. The Morgan fingerprint density at radius 3 is 3.10 bits per heavy atom. The molecule has 1 atom stereocenters. The molecule has 0 bridgehead atoms. The van der Waals surface area contributed by atoms with Gasteiger partial charge >= 0.3 is 0 Å². The Hall–Kier alpha value is 0.240. The molecule has 0 amide bonds. The van der Waals surface area contributed by atoms with Gasteiger partial charge in [-0.05, 0) is 18.8 Å². The zero-order valence-electron chi connectivity index (χ0n) is 5.76. The molecule has 1 rings (SSSR count). The van der Waals surface area contributed by atoms with Crippen molar-refractivity contribution in [2.75, 3.05) is 0 Å². The van der Waals surface area contributed by atoms with Gasteiger partial charge in [-0.1, -0.05) is 15.9 Å². The Balaban J connectivity index is 2.29. The standard InChI is InChI=1S/C7H9BrOS/c1-5(9)2-7-3-6(8)4-10-7/h4,7H,2-3H2,1H3. The molecule has 10 heavy (non-hydrogen) atoms. The monoisotopic (exact) mass is 220 g/mol. The minimum absolute atomic E-state index is 0.285. The number of halogens is 1. The van der Waals surface area contributed by atoms with E-state index >= 15 is 0 Å². The summed E-state index contributed by atoms with van der Waals surface area (Å²) in [6.45, 7) is 1.65. The molecule has 1 unspecified atom stereocenters. The summed E-state index contributed by atoms with van der Waals surface area (Å²) in [4.78, 5) is 10.7. The molecule has 3 heteroatoms. The third-order valence-corrected chi connectivity index (χ3v) is 3.32. The average molecular weight is 221 g/mol. The van der Waals surface area contributed by atoms with Gasteiger partial charge in [0.25, 0.3) is 0 Å². The average Bonchev–Trinajstić information content (AvgIpc) is 2.13. The number of carbonyl (C=O) groups excluding carboxylic acids is 1. The highest BCUT2D eigenvalue weighted by molar-refractivity contribution is 9.11. The van der Waals surface area contributed by atoms with Crippen molar-refractivity contribution in [2.24, 2.45) is 0 Å². The first kappa shape index (κ1) is 8.34. The van der Waals surface area contributed by atoms with Crippen molar-refractivity contribution in [1.82, 2.24) is 0 Å². The molecular formula is C7H9BrOS. The van der Waals surface area contributed by atoms with E-state index in [-0.39, 0.29) is 5.78 Å². The first-order valence-electron chi connectivity index (χ1n) is 3.18. The van der Waals surface area contributed by atoms with Gasteiger partial charge < -0.3 is 0 Å². The zero-order valence-corrected chi connectivity index (χ0v) is 8.17. The fourth-order valence-corrected chi connectivity index (χ4v) is 2.90. The Labute approximate surface area is 73.4 Å². The Bertz CT molecular complexity index is 176. The van der Waals surface area contributed by atoms with Gasteiger partial charge in [-0.25, -0.2) is 0 Å². The maximum atomic E-state index is 10.7. The maximum Gasteiger partial charge on any atom is 0.130 e. The molecule has 0 aromatic heterocycles. The summed E-state index contributed by atoms with van der Waals surface area (Å²) in [6, 6.07) is 0. The van der Waals surface area contributed by atoms with Crippen LogP contribution in [0.15, 0.2) is 9.89 Å². The van der Waals surface area contributed by atoms with Crippen LogP contribution in [0.3, 0.4) is 0 Å². The molecule has 1 heterocycles. The van der Waals surface area contributed by atoms with Gasteiger partial charge in [0.15, 0.2) is 0 Å². The van der Waals surface area contributed by atoms with Crippen LogP contribution in [-0.4, -0.2) is 11.0 Å². The molecule has 1 aliphatic heterocycles. The largest absolute Gasteiger partial charge is 0.300 e. The highest BCUT2D eigenvalue weighted by atomic mass is 79.9. The van der Waals surface area contributed by atoms with Crippen LogP contribution in [0.25, 0.3) is 0 Å². The molecule has 0 N–H and O–H groups in total. The first-order chi connectivity index (χ1) is 4.68. The summed E-state index contributed by atoms with van der Waals surface area (Å²) in [5.74, 6) is 0.285. The highest BCUT2D eigenvalue weighted by Gasteiger charge is 2.17. The van der Waals surface area contributed by atoms with Gasteiger partial charge in [0.05, 0.1) is 0 Å². The number of hydrogen-bond acceptors (Lipinski definition) is 2. The lowest BCUT2D eigenvalue weighted by atomic mass is 10.2. The van der Waals surface area contributed by atoms with Crippen LogP contribution in [0.5, 0.6) is 0 Å². The van der Waals surface area contributed by atoms with E-state index in [2.05, 4.69) is 21.3 Å². The predicted molar refractivity (Wildman–Crippen MR) is 48.3 cm³/mol. The number of rotatable bonds is 2. The van der Waals surface area contributed by atoms with Gasteiger partial charge in [0.2, 0.25) is 0 Å². The molecule has 0 radical (unpaired) electrons. The van der Waals surface area contributed by atoms with Crippen molar-refractivity contribution in [3.8, 4) is 0 Å². The van der Waals surface area contributed by atoms with Crippen molar-refractivity contribution >= 4 is 33.5 Å². The van der Waals surface area contributed by atoms with Crippen molar-refractivity contribution in [3.63, 3.8) is 0 Å². The highest BCUT2D eigenvalue weighted by Crippen LogP contribution is 2.35. The van der Waals surface area contributed by atoms with Crippen LogP contribution >= 0.6 is 27.7 Å². The van der Waals surface area contributed by atoms with Crippen LogP contribution in [0, 0.1) is 0 Å². The van der Waals surface area contributed by atoms with E-state index in [1.165, 1.54) is 4.48 Å². The fraction of sp³-hybridized carbons (Fsp3) is 0.571. The van der Waals surface area contributed by atoms with E-state index in [9.17, 15) is 4.79 Å². The second-order valence-electron chi connectivity index (χ2n) is 2.43. The maximum absolute atomic E-state index is 10.7. The number of hydrogen-bond donors (Lipinski definition) is 0. The third kappa shape index (κ3) is 2.46. The van der Waals surface area contributed by atoms with Crippen molar-refractivity contribution < 1.29 is 4.79 Å². The van der Waals surface area contributed by atoms with Crippen molar-refractivity contribution in [3.05, 3.63) is 9.89 Å². The fourth-order valence-electron chi connectivity index (χ4n) is 0.925. The molecule has 0 aromatic carbocycles. The summed E-state index contributed by atoms with van der Waals surface area (Å²) in [6.07, 6.45) is 1.72. The molecule has 1 aliphatic rings. The number of thioether (sulfide) groups is 1. The lowest BCUT2D eigenvalue weighted by Crippen LogP contribution is -2.03. The van der Waals surface area contributed by atoms with Crippen LogP contribution in [0.2, 0.25) is 0 Å². The topological polar surface area (TPSA) is 17.1 Å². The third-order valence-electron chi connectivity index (χ3n) is 1.33. The normalized spacial score (nSPS) is 24.6. The molecule has 0 aliphatic carbocycles. The number of Topliss-reactive ketones (excluding diaryl/α,β-unsaturated/α-hetero) is 1. The summed E-state index contributed by atoms with van der Waals surface area (Å²) in [5.41, 5.74) is 0. The van der Waals surface area contributed by atoms with Crippen LogP contribution in [0.4, 0.5) is 0 Å². The minimum atomic E-state index is 0.285. The second kappa shape index (κ2) is 3.58. The first-order valence-corrected chi connectivity index (χ1v) is 4.91. The second-order valence-corrected chi connectivity index (χ2v) is 4.63. The Morgan fingerprint density at radius 1 is 2.00 bits per heavy atom. The van der Waals surface area contributed by atoms with E-state index < -0.39 is 0 Å². The van der Waals surface area contributed by atoms with Crippen LogP contribution in [-0.2, 0) is 4.79 Å². The van der Waals surface area contributed by atoms with E-state index in [4.69, 9.17) is 0 Å². The molecular weight excluding hydrogens is 212 g/mol. The van der Waals surface area contributed by atoms with Gasteiger partial charge in [-0.15, -0.1) is 11.8 Å². The van der Waals surface area contributed by atoms with E-state index in [1.807, 2.05) is 0 Å². The van der Waals surface area contributed by atoms with Gasteiger partial charge in [-0.3, -0.25) is 4.79 Å². The Morgan fingerprint density at radius 2 is 2.70 bits per heavy atom. The molecule has 0 saturated heterocycles. The SMILES string of the molecule is CC(=O)CC1CC(Br)=CS1. The Kier molecular flexibility index (Phi) is 2.98. The molecule has 1 nitrogen and oxygen atoms in total. The number of allylic oxidation sites excluding steroid dienone is 1. The molecule has 0 fully saturated rings. The van der Waals surface area contributed by atoms with Gasteiger partial charge in [0.1, 0.15) is 5.78 Å². The molecule has 56 valence electrons. The quantitative estimate of drug-likeness (QED) is 0.713. The van der Waals surface area contributed by atoms with E-state index in [0.29, 0.717) is 11.7 Å². The van der Waals surface area contributed by atoms with Gasteiger partial charge in [0, 0.05) is 16.2 Å². The number of ketones is 1. The van der Waals surface area contributed by atoms with Crippen molar-refractivity contribution in [1.29, 1.82) is 0 Å². The van der Waals surface area contributed by atoms with E-state index in [0.717, 1.165) is 6.42 Å². The molecule has 0 spiro atoms. The zero-order chi connectivity index (χ0) is 7.56.